The van der Waals surface area contributed by atoms with E-state index in [1.165, 1.54) is 43.5 Å². The maximum absolute atomic E-state index is 13.7. The molecule has 2 atom stereocenters. The Hall–Kier alpha value is -0.650. The van der Waals surface area contributed by atoms with Crippen molar-refractivity contribution in [1.29, 1.82) is 0 Å². The van der Waals surface area contributed by atoms with Crippen molar-refractivity contribution in [2.75, 3.05) is 0 Å². The quantitative estimate of drug-likeness (QED) is 0.591. The summed E-state index contributed by atoms with van der Waals surface area (Å²) in [6.07, 6.45) is 6.75. The van der Waals surface area contributed by atoms with Crippen LogP contribution in [0, 0.1) is 27.1 Å². The highest BCUT2D eigenvalue weighted by atomic mass is 127. The third kappa shape index (κ3) is 1.90. The molecule has 21 heavy (non-hydrogen) atoms. The van der Waals surface area contributed by atoms with Gasteiger partial charge in [-0.05, 0) is 78.7 Å². The second kappa shape index (κ2) is 4.43. The predicted octanol–water partition coefficient (Wildman–Crippen LogP) is 4.48. The molecule has 1 aromatic rings. The van der Waals surface area contributed by atoms with Crippen LogP contribution in [0.5, 0.6) is 0 Å². The lowest BCUT2D eigenvalue weighted by Crippen LogP contribution is -2.42. The molecule has 0 unspecified atom stereocenters. The number of hydrogen-bond acceptors (Lipinski definition) is 2. The molecule has 2 saturated heterocycles. The molecule has 6 rings (SSSR count). The zero-order valence-electron chi connectivity index (χ0n) is 11.9. The normalized spacial score (nSPS) is 36.1. The monoisotopic (exact) mass is 396 g/mol. The SMILES string of the molecule is Fc1cc(I)c2c(c1)N=C1C3C[C@H]4CC(C[C@H](C3)C4)N1C2. The first-order valence-electron chi connectivity index (χ1n) is 8.00. The molecule has 4 heteroatoms. The average Bonchev–Trinajstić information content (AvgIpc) is 2.59. The fourth-order valence-corrected chi connectivity index (χ4v) is 5.95. The largest absolute Gasteiger partial charge is 0.352 e. The number of amidine groups is 1. The van der Waals surface area contributed by atoms with E-state index in [1.807, 2.05) is 0 Å². The van der Waals surface area contributed by atoms with E-state index in [-0.39, 0.29) is 5.82 Å². The molecule has 3 aliphatic heterocycles. The number of aliphatic imine (C=N–C) groups is 1. The number of nitrogens with zero attached hydrogens (tertiary/aromatic N) is 2. The van der Waals surface area contributed by atoms with Gasteiger partial charge in [-0.25, -0.2) is 9.38 Å². The molecule has 2 aliphatic carbocycles. The van der Waals surface area contributed by atoms with E-state index < -0.39 is 0 Å². The van der Waals surface area contributed by atoms with Crippen molar-refractivity contribution in [2.24, 2.45) is 22.7 Å². The molecule has 0 radical (unpaired) electrons. The van der Waals surface area contributed by atoms with Crippen molar-refractivity contribution in [3.63, 3.8) is 0 Å². The molecule has 0 N–H and O–H groups in total. The Morgan fingerprint density at radius 2 is 1.86 bits per heavy atom. The highest BCUT2D eigenvalue weighted by Gasteiger charge is 2.46. The molecular formula is C17H18FIN2. The van der Waals surface area contributed by atoms with Crippen molar-refractivity contribution >= 4 is 34.1 Å². The molecule has 4 bridgehead atoms. The zero-order chi connectivity index (χ0) is 14.1. The molecule has 0 amide bonds. The Labute approximate surface area is 138 Å². The fraction of sp³-hybridized carbons (Fsp3) is 0.588. The van der Waals surface area contributed by atoms with Crippen LogP contribution in [-0.2, 0) is 6.54 Å². The minimum absolute atomic E-state index is 0.157. The van der Waals surface area contributed by atoms with Crippen molar-refractivity contribution in [3.05, 3.63) is 27.1 Å². The fourth-order valence-electron chi connectivity index (χ4n) is 5.21. The number of fused-ring (bicyclic) bond motifs is 1. The first kappa shape index (κ1) is 12.9. The van der Waals surface area contributed by atoms with E-state index in [0.29, 0.717) is 12.0 Å². The first-order valence-corrected chi connectivity index (χ1v) is 9.08. The Kier molecular flexibility index (Phi) is 2.71. The van der Waals surface area contributed by atoms with Gasteiger partial charge < -0.3 is 4.90 Å². The maximum Gasteiger partial charge on any atom is 0.126 e. The third-order valence-electron chi connectivity index (χ3n) is 5.91. The van der Waals surface area contributed by atoms with Gasteiger partial charge in [-0.3, -0.25) is 0 Å². The Bertz CT molecular complexity index is 642. The van der Waals surface area contributed by atoms with Gasteiger partial charge in [0.05, 0.1) is 5.69 Å². The molecule has 1 aromatic carbocycles. The van der Waals surface area contributed by atoms with Gasteiger partial charge in [-0.1, -0.05) is 0 Å². The van der Waals surface area contributed by atoms with E-state index in [1.54, 1.807) is 12.1 Å². The van der Waals surface area contributed by atoms with Crippen LogP contribution in [0.2, 0.25) is 0 Å². The van der Waals surface area contributed by atoms with E-state index in [2.05, 4.69) is 27.5 Å². The van der Waals surface area contributed by atoms with Crippen molar-refractivity contribution in [1.82, 2.24) is 4.90 Å². The summed E-state index contributed by atoms with van der Waals surface area (Å²) in [6.45, 7) is 0.938. The summed E-state index contributed by atoms with van der Waals surface area (Å²) in [5.74, 6) is 3.55. The zero-order valence-corrected chi connectivity index (χ0v) is 14.0. The predicted molar refractivity (Wildman–Crippen MR) is 89.1 cm³/mol. The molecule has 0 spiro atoms. The van der Waals surface area contributed by atoms with Crippen molar-refractivity contribution in [2.45, 2.75) is 44.7 Å². The lowest BCUT2D eigenvalue weighted by Gasteiger charge is -2.39. The van der Waals surface area contributed by atoms with Gasteiger partial charge in [0.15, 0.2) is 0 Å². The average molecular weight is 396 g/mol. The summed E-state index contributed by atoms with van der Waals surface area (Å²) < 4.78 is 14.7. The minimum atomic E-state index is -0.157. The lowest BCUT2D eigenvalue weighted by molar-refractivity contribution is 0.128. The summed E-state index contributed by atoms with van der Waals surface area (Å²) in [6, 6.07) is 3.94. The van der Waals surface area contributed by atoms with E-state index in [0.717, 1.165) is 27.6 Å². The van der Waals surface area contributed by atoms with Crippen molar-refractivity contribution < 1.29 is 4.39 Å². The van der Waals surface area contributed by atoms with E-state index in [9.17, 15) is 4.39 Å². The number of rotatable bonds is 0. The number of halogens is 2. The Morgan fingerprint density at radius 1 is 1.10 bits per heavy atom. The Morgan fingerprint density at radius 3 is 2.62 bits per heavy atom. The van der Waals surface area contributed by atoms with Crippen LogP contribution < -0.4 is 0 Å². The maximum atomic E-state index is 13.7. The van der Waals surface area contributed by atoms with Crippen LogP contribution in [0.1, 0.15) is 37.7 Å². The molecule has 0 aromatic heterocycles. The molecule has 2 saturated carbocycles. The van der Waals surface area contributed by atoms with Crippen LogP contribution in [0.4, 0.5) is 10.1 Å². The van der Waals surface area contributed by atoms with E-state index >= 15 is 0 Å². The summed E-state index contributed by atoms with van der Waals surface area (Å²) in [7, 11) is 0. The smallest absolute Gasteiger partial charge is 0.126 e. The topological polar surface area (TPSA) is 15.6 Å². The molecule has 110 valence electrons. The lowest BCUT2D eigenvalue weighted by atomic mass is 9.68. The molecular weight excluding hydrogens is 378 g/mol. The minimum Gasteiger partial charge on any atom is -0.352 e. The Balaban J connectivity index is 1.66. The summed E-state index contributed by atoms with van der Waals surface area (Å²) in [5.41, 5.74) is 2.11. The molecule has 3 heterocycles. The summed E-state index contributed by atoms with van der Waals surface area (Å²) >= 11 is 2.26. The second-order valence-electron chi connectivity index (χ2n) is 7.24. The standard InChI is InChI=1S/C17H18FIN2/c18-12-6-15(19)14-8-21-13-4-9-1-10(5-13)3-11(2-9)17(21)20-16(14)7-12/h6-7,9-11,13H,1-5,8H2/t9-,10-,11?,13?/m0/s1. The van der Waals surface area contributed by atoms with Crippen LogP contribution in [0.15, 0.2) is 17.1 Å². The second-order valence-corrected chi connectivity index (χ2v) is 8.41. The van der Waals surface area contributed by atoms with Crippen LogP contribution in [0.25, 0.3) is 0 Å². The molecule has 5 aliphatic rings. The summed E-state index contributed by atoms with van der Waals surface area (Å²) in [4.78, 5) is 7.52. The van der Waals surface area contributed by atoms with Gasteiger partial charge >= 0.3 is 0 Å². The van der Waals surface area contributed by atoms with Gasteiger partial charge in [0.1, 0.15) is 11.7 Å². The van der Waals surface area contributed by atoms with Crippen molar-refractivity contribution in [3.8, 4) is 0 Å². The van der Waals surface area contributed by atoms with Gasteiger partial charge in [-0.15, -0.1) is 0 Å². The van der Waals surface area contributed by atoms with Gasteiger partial charge in [0, 0.05) is 27.6 Å². The molecule has 2 nitrogen and oxygen atoms in total. The van der Waals surface area contributed by atoms with Crippen LogP contribution in [-0.4, -0.2) is 16.8 Å². The van der Waals surface area contributed by atoms with Gasteiger partial charge in [-0.2, -0.15) is 0 Å². The highest BCUT2D eigenvalue weighted by Crippen LogP contribution is 2.50. The van der Waals surface area contributed by atoms with Crippen LogP contribution in [0.3, 0.4) is 0 Å². The van der Waals surface area contributed by atoms with Crippen LogP contribution >= 0.6 is 22.6 Å². The molecule has 4 fully saturated rings. The highest BCUT2D eigenvalue weighted by molar-refractivity contribution is 14.1. The number of hydrogen-bond donors (Lipinski definition) is 0. The van der Waals surface area contributed by atoms with Gasteiger partial charge in [0.25, 0.3) is 0 Å². The third-order valence-corrected chi connectivity index (χ3v) is 6.88. The van der Waals surface area contributed by atoms with Gasteiger partial charge in [0.2, 0.25) is 0 Å². The van der Waals surface area contributed by atoms with E-state index in [4.69, 9.17) is 4.99 Å². The summed E-state index contributed by atoms with van der Waals surface area (Å²) in [5, 5.41) is 0. The first-order chi connectivity index (χ1) is 10.2. The number of benzene rings is 1.